The minimum atomic E-state index is -0.395. The van der Waals surface area contributed by atoms with Gasteiger partial charge in [0.25, 0.3) is 5.56 Å². The van der Waals surface area contributed by atoms with Crippen molar-refractivity contribution in [1.29, 1.82) is 0 Å². The molecule has 17 heavy (non-hydrogen) atoms. The molecule has 0 atom stereocenters. The van der Waals surface area contributed by atoms with Crippen molar-refractivity contribution >= 4 is 15.9 Å². The van der Waals surface area contributed by atoms with Crippen LogP contribution in [0.15, 0.2) is 33.7 Å². The Morgan fingerprint density at radius 1 is 1.47 bits per heavy atom. The van der Waals surface area contributed by atoms with Crippen molar-refractivity contribution in [2.45, 2.75) is 6.54 Å². The van der Waals surface area contributed by atoms with Gasteiger partial charge in [0.05, 0.1) is 0 Å². The fourth-order valence-electron chi connectivity index (χ4n) is 1.38. The fourth-order valence-corrected chi connectivity index (χ4v) is 1.82. The number of halogens is 2. The van der Waals surface area contributed by atoms with Crippen LogP contribution < -0.4 is 11.3 Å². The Morgan fingerprint density at radius 3 is 2.88 bits per heavy atom. The first-order valence-electron chi connectivity index (χ1n) is 4.85. The minimum absolute atomic E-state index is 0.118. The number of H-pyrrole nitrogens is 1. The molecule has 1 aromatic carbocycles. The third kappa shape index (κ3) is 2.42. The number of benzene rings is 1. The molecule has 4 nitrogen and oxygen atoms in total. The number of aromatic nitrogens is 2. The average Bonchev–Trinajstić information content (AvgIpc) is 2.32. The van der Waals surface area contributed by atoms with Gasteiger partial charge in [0.1, 0.15) is 11.6 Å². The summed E-state index contributed by atoms with van der Waals surface area (Å²) in [6.07, 6.45) is 1.39. The number of hydrogen-bond acceptors (Lipinski definition) is 3. The maximum absolute atomic E-state index is 13.1. The smallest absolute Gasteiger partial charge is 0.255 e. The molecule has 1 heterocycles. The van der Waals surface area contributed by atoms with Crippen molar-refractivity contribution in [2.24, 2.45) is 5.73 Å². The van der Waals surface area contributed by atoms with Gasteiger partial charge < -0.3 is 10.7 Å². The lowest BCUT2D eigenvalue weighted by Gasteiger charge is -2.04. The van der Waals surface area contributed by atoms with Crippen molar-refractivity contribution in [3.8, 4) is 11.4 Å². The van der Waals surface area contributed by atoms with E-state index in [2.05, 4.69) is 25.9 Å². The molecule has 0 unspecified atom stereocenters. The van der Waals surface area contributed by atoms with Crippen molar-refractivity contribution in [3.63, 3.8) is 0 Å². The van der Waals surface area contributed by atoms with Crippen LogP contribution in [0.25, 0.3) is 11.4 Å². The molecule has 0 aliphatic carbocycles. The molecule has 0 saturated carbocycles. The lowest BCUT2D eigenvalue weighted by atomic mass is 10.2. The van der Waals surface area contributed by atoms with E-state index in [1.165, 1.54) is 18.3 Å². The SMILES string of the molecule is NCc1cnc(-c2cc(F)ccc2Br)[nH]c1=O. The largest absolute Gasteiger partial charge is 0.326 e. The minimum Gasteiger partial charge on any atom is -0.326 e. The van der Waals surface area contributed by atoms with E-state index in [-0.39, 0.29) is 12.1 Å². The molecule has 0 bridgehead atoms. The molecule has 88 valence electrons. The van der Waals surface area contributed by atoms with Gasteiger partial charge in [0.2, 0.25) is 0 Å². The van der Waals surface area contributed by atoms with E-state index in [9.17, 15) is 9.18 Å². The quantitative estimate of drug-likeness (QED) is 0.888. The van der Waals surface area contributed by atoms with E-state index in [1.807, 2.05) is 0 Å². The zero-order chi connectivity index (χ0) is 12.4. The lowest BCUT2D eigenvalue weighted by Crippen LogP contribution is -2.17. The molecule has 0 aliphatic rings. The van der Waals surface area contributed by atoms with Gasteiger partial charge in [-0.2, -0.15) is 0 Å². The van der Waals surface area contributed by atoms with E-state index >= 15 is 0 Å². The summed E-state index contributed by atoms with van der Waals surface area (Å²) in [5.41, 5.74) is 5.93. The second-order valence-corrected chi connectivity index (χ2v) is 4.27. The number of nitrogens with one attached hydrogen (secondary N) is 1. The normalized spacial score (nSPS) is 10.5. The first kappa shape index (κ1) is 11.9. The van der Waals surface area contributed by atoms with E-state index in [0.717, 1.165) is 0 Å². The van der Waals surface area contributed by atoms with Crippen LogP contribution >= 0.6 is 15.9 Å². The van der Waals surface area contributed by atoms with E-state index in [4.69, 9.17) is 5.73 Å². The summed E-state index contributed by atoms with van der Waals surface area (Å²) >= 11 is 3.27. The Bertz CT molecular complexity index is 612. The monoisotopic (exact) mass is 297 g/mol. The molecule has 0 aliphatic heterocycles. The van der Waals surface area contributed by atoms with Crippen LogP contribution in [-0.2, 0) is 6.54 Å². The third-order valence-electron chi connectivity index (χ3n) is 2.28. The Kier molecular flexibility index (Phi) is 3.35. The molecule has 0 amide bonds. The van der Waals surface area contributed by atoms with Crippen LogP contribution in [0.3, 0.4) is 0 Å². The highest BCUT2D eigenvalue weighted by molar-refractivity contribution is 9.10. The molecule has 3 N–H and O–H groups in total. The molecule has 0 radical (unpaired) electrons. The summed E-state index contributed by atoms with van der Waals surface area (Å²) < 4.78 is 13.8. The number of hydrogen-bond donors (Lipinski definition) is 2. The van der Waals surface area contributed by atoms with Crippen LogP contribution in [0.4, 0.5) is 4.39 Å². The van der Waals surface area contributed by atoms with Crippen molar-refractivity contribution in [1.82, 2.24) is 9.97 Å². The summed E-state index contributed by atoms with van der Waals surface area (Å²) in [6, 6.07) is 4.17. The summed E-state index contributed by atoms with van der Waals surface area (Å²) in [7, 11) is 0. The molecular formula is C11H9BrFN3O. The zero-order valence-corrected chi connectivity index (χ0v) is 10.3. The standard InChI is InChI=1S/C11H9BrFN3O/c12-9-2-1-7(13)3-8(9)10-15-5-6(4-14)11(17)16-10/h1-3,5H,4,14H2,(H,15,16,17). The van der Waals surface area contributed by atoms with Gasteiger partial charge >= 0.3 is 0 Å². The van der Waals surface area contributed by atoms with Gasteiger partial charge in [0, 0.05) is 28.3 Å². The highest BCUT2D eigenvalue weighted by Gasteiger charge is 2.08. The summed E-state index contributed by atoms with van der Waals surface area (Å²) in [5.74, 6) is -0.0904. The molecule has 2 rings (SSSR count). The summed E-state index contributed by atoms with van der Waals surface area (Å²) in [4.78, 5) is 18.2. The van der Waals surface area contributed by atoms with Crippen LogP contribution in [0.1, 0.15) is 5.56 Å². The molecule has 6 heteroatoms. The fraction of sp³-hybridized carbons (Fsp3) is 0.0909. The second kappa shape index (κ2) is 4.77. The molecule has 0 saturated heterocycles. The summed E-state index contributed by atoms with van der Waals surface area (Å²) in [5, 5.41) is 0. The van der Waals surface area contributed by atoms with Crippen molar-refractivity contribution < 1.29 is 4.39 Å². The molecule has 0 fully saturated rings. The van der Waals surface area contributed by atoms with Crippen molar-refractivity contribution in [3.05, 3.63) is 50.6 Å². The van der Waals surface area contributed by atoms with Crippen molar-refractivity contribution in [2.75, 3.05) is 0 Å². The van der Waals surface area contributed by atoms with Crippen LogP contribution in [0.5, 0.6) is 0 Å². The Morgan fingerprint density at radius 2 is 2.24 bits per heavy atom. The highest BCUT2D eigenvalue weighted by atomic mass is 79.9. The molecule has 1 aromatic heterocycles. The number of aromatic amines is 1. The van der Waals surface area contributed by atoms with Crippen LogP contribution in [0.2, 0.25) is 0 Å². The predicted molar refractivity (Wildman–Crippen MR) is 65.8 cm³/mol. The second-order valence-electron chi connectivity index (χ2n) is 3.41. The third-order valence-corrected chi connectivity index (χ3v) is 2.97. The van der Waals surface area contributed by atoms with Gasteiger partial charge in [-0.15, -0.1) is 0 Å². The zero-order valence-electron chi connectivity index (χ0n) is 8.71. The maximum atomic E-state index is 13.1. The topological polar surface area (TPSA) is 71.8 Å². The van der Waals surface area contributed by atoms with Gasteiger partial charge in [-0.25, -0.2) is 9.37 Å². The van der Waals surface area contributed by atoms with E-state index in [1.54, 1.807) is 6.07 Å². The van der Waals surface area contributed by atoms with Gasteiger partial charge in [0.15, 0.2) is 0 Å². The van der Waals surface area contributed by atoms with Crippen LogP contribution in [-0.4, -0.2) is 9.97 Å². The predicted octanol–water partition coefficient (Wildman–Crippen LogP) is 1.80. The van der Waals surface area contributed by atoms with E-state index < -0.39 is 5.82 Å². The first-order chi connectivity index (χ1) is 8.11. The average molecular weight is 298 g/mol. The Labute approximate surface area is 105 Å². The Balaban J connectivity index is 2.57. The number of rotatable bonds is 2. The Hall–Kier alpha value is -1.53. The molecule has 2 aromatic rings. The lowest BCUT2D eigenvalue weighted by molar-refractivity contribution is 0.628. The molecule has 0 spiro atoms. The van der Waals surface area contributed by atoms with Crippen LogP contribution in [0, 0.1) is 5.82 Å². The van der Waals surface area contributed by atoms with Gasteiger partial charge in [-0.3, -0.25) is 4.79 Å². The van der Waals surface area contributed by atoms with Gasteiger partial charge in [-0.05, 0) is 18.2 Å². The number of nitrogens with zero attached hydrogens (tertiary/aromatic N) is 1. The van der Waals surface area contributed by atoms with E-state index in [0.29, 0.717) is 21.4 Å². The summed E-state index contributed by atoms with van der Waals surface area (Å²) in [6.45, 7) is 0.118. The van der Waals surface area contributed by atoms with Gasteiger partial charge in [-0.1, -0.05) is 15.9 Å². The number of nitrogens with two attached hydrogens (primary N) is 1. The molecular weight excluding hydrogens is 289 g/mol. The first-order valence-corrected chi connectivity index (χ1v) is 5.65. The maximum Gasteiger partial charge on any atom is 0.255 e. The highest BCUT2D eigenvalue weighted by Crippen LogP contribution is 2.25.